The average Bonchev–Trinajstić information content (AvgIpc) is 2.74. The summed E-state index contributed by atoms with van der Waals surface area (Å²) >= 11 is 5.14. The van der Waals surface area contributed by atoms with Gasteiger partial charge in [-0.15, -0.1) is 11.3 Å². The van der Waals surface area contributed by atoms with E-state index in [1.165, 1.54) is 10.6 Å². The Hall–Kier alpha value is -0.780. The summed E-state index contributed by atoms with van der Waals surface area (Å²) in [5.41, 5.74) is 8.36. The molecule has 1 aliphatic carbocycles. The maximum atomic E-state index is 6.11. The molecule has 1 atom stereocenters. The Bertz CT molecular complexity index is 552. The normalized spacial score (nSPS) is 19.1. The van der Waals surface area contributed by atoms with Gasteiger partial charge in [-0.25, -0.2) is 4.98 Å². The molecule has 0 bridgehead atoms. The Morgan fingerprint density at radius 2 is 2.29 bits per heavy atom. The minimum Gasteiger partial charge on any atom is -0.323 e. The third kappa shape index (κ3) is 2.14. The number of halogens is 1. The fourth-order valence-electron chi connectivity index (χ4n) is 2.11. The molecular formula is C12H12BrN3S. The molecule has 0 amide bonds. The molecule has 0 fully saturated rings. The smallest absolute Gasteiger partial charge is 0.125 e. The van der Waals surface area contributed by atoms with Crippen LogP contribution in [0.5, 0.6) is 0 Å². The molecule has 0 saturated heterocycles. The molecule has 0 aromatic carbocycles. The lowest BCUT2D eigenvalue weighted by atomic mass is 9.99. The van der Waals surface area contributed by atoms with Crippen molar-refractivity contribution in [2.24, 2.45) is 5.73 Å². The molecule has 1 aliphatic rings. The zero-order chi connectivity index (χ0) is 11.8. The maximum Gasteiger partial charge on any atom is 0.125 e. The monoisotopic (exact) mass is 309 g/mol. The lowest BCUT2D eigenvalue weighted by Gasteiger charge is -2.15. The van der Waals surface area contributed by atoms with Gasteiger partial charge in [0.25, 0.3) is 0 Å². The van der Waals surface area contributed by atoms with Crippen LogP contribution in [0.1, 0.15) is 29.5 Å². The molecule has 3 rings (SSSR count). The first kappa shape index (κ1) is 11.3. The summed E-state index contributed by atoms with van der Waals surface area (Å²) in [6.07, 6.45) is 6.91. The van der Waals surface area contributed by atoms with Gasteiger partial charge >= 0.3 is 0 Å². The number of aryl methyl sites for hydroxylation is 1. The van der Waals surface area contributed by atoms with E-state index in [1.54, 1.807) is 17.5 Å². The van der Waals surface area contributed by atoms with Crippen LogP contribution < -0.4 is 5.73 Å². The van der Waals surface area contributed by atoms with Crippen molar-refractivity contribution in [3.05, 3.63) is 33.5 Å². The SMILES string of the molecule is NC1CCCc2nc(-c3cncc(Br)c3)sc21. The van der Waals surface area contributed by atoms with Gasteiger partial charge < -0.3 is 5.73 Å². The van der Waals surface area contributed by atoms with E-state index in [1.807, 2.05) is 12.3 Å². The van der Waals surface area contributed by atoms with Crippen molar-refractivity contribution in [3.8, 4) is 10.6 Å². The number of rotatable bonds is 1. The Labute approximate surface area is 112 Å². The molecule has 1 unspecified atom stereocenters. The second-order valence-electron chi connectivity index (χ2n) is 4.22. The summed E-state index contributed by atoms with van der Waals surface area (Å²) in [5.74, 6) is 0. The number of thiazole rings is 1. The molecule has 5 heteroatoms. The van der Waals surface area contributed by atoms with Crippen molar-refractivity contribution < 1.29 is 0 Å². The van der Waals surface area contributed by atoms with Crippen molar-refractivity contribution in [1.82, 2.24) is 9.97 Å². The van der Waals surface area contributed by atoms with Crippen LogP contribution in [-0.2, 0) is 6.42 Å². The van der Waals surface area contributed by atoms with Crippen molar-refractivity contribution >= 4 is 27.3 Å². The molecule has 2 aromatic heterocycles. The largest absolute Gasteiger partial charge is 0.323 e. The molecule has 2 aromatic rings. The van der Waals surface area contributed by atoms with Gasteiger partial charge in [0.2, 0.25) is 0 Å². The fourth-order valence-corrected chi connectivity index (χ4v) is 3.60. The lowest BCUT2D eigenvalue weighted by molar-refractivity contribution is 0.573. The molecular weight excluding hydrogens is 298 g/mol. The van der Waals surface area contributed by atoms with Gasteiger partial charge in [0.1, 0.15) is 5.01 Å². The molecule has 0 spiro atoms. The summed E-state index contributed by atoms with van der Waals surface area (Å²) in [4.78, 5) is 10.1. The van der Waals surface area contributed by atoms with Gasteiger partial charge in [-0.05, 0) is 41.3 Å². The highest BCUT2D eigenvalue weighted by Gasteiger charge is 2.22. The standard InChI is InChI=1S/C12H12BrN3S/c13-8-4-7(5-15-6-8)12-16-10-3-1-2-9(14)11(10)17-12/h4-6,9H,1-3,14H2. The van der Waals surface area contributed by atoms with Crippen LogP contribution in [0.4, 0.5) is 0 Å². The first-order chi connectivity index (χ1) is 8.24. The van der Waals surface area contributed by atoms with Crippen molar-refractivity contribution in [2.45, 2.75) is 25.3 Å². The molecule has 0 radical (unpaired) electrons. The van der Waals surface area contributed by atoms with E-state index < -0.39 is 0 Å². The Kier molecular flexibility index (Phi) is 2.98. The van der Waals surface area contributed by atoms with Crippen molar-refractivity contribution in [3.63, 3.8) is 0 Å². The van der Waals surface area contributed by atoms with Crippen LogP contribution in [0.3, 0.4) is 0 Å². The van der Waals surface area contributed by atoms with Crippen molar-refractivity contribution in [1.29, 1.82) is 0 Å². The van der Waals surface area contributed by atoms with E-state index in [2.05, 4.69) is 20.9 Å². The predicted octanol–water partition coefficient (Wildman–Crippen LogP) is 3.30. The Morgan fingerprint density at radius 1 is 1.41 bits per heavy atom. The van der Waals surface area contributed by atoms with Gasteiger partial charge in [-0.1, -0.05) is 0 Å². The van der Waals surface area contributed by atoms with Gasteiger partial charge in [-0.2, -0.15) is 0 Å². The highest BCUT2D eigenvalue weighted by Crippen LogP contribution is 2.36. The highest BCUT2D eigenvalue weighted by atomic mass is 79.9. The minimum atomic E-state index is 0.171. The van der Waals surface area contributed by atoms with E-state index in [4.69, 9.17) is 10.7 Å². The topological polar surface area (TPSA) is 51.8 Å². The molecule has 88 valence electrons. The summed E-state index contributed by atoms with van der Waals surface area (Å²) in [7, 11) is 0. The number of hydrogen-bond donors (Lipinski definition) is 1. The molecule has 0 saturated carbocycles. The van der Waals surface area contributed by atoms with E-state index in [0.717, 1.165) is 34.3 Å². The average molecular weight is 310 g/mol. The van der Waals surface area contributed by atoms with E-state index >= 15 is 0 Å². The van der Waals surface area contributed by atoms with E-state index in [0.29, 0.717) is 0 Å². The van der Waals surface area contributed by atoms with Gasteiger partial charge in [0.05, 0.1) is 5.69 Å². The second kappa shape index (κ2) is 4.48. The third-order valence-corrected chi connectivity index (χ3v) is 4.66. The molecule has 2 N–H and O–H groups in total. The van der Waals surface area contributed by atoms with Crippen LogP contribution in [0.2, 0.25) is 0 Å². The van der Waals surface area contributed by atoms with Gasteiger partial charge in [0.15, 0.2) is 0 Å². The highest BCUT2D eigenvalue weighted by molar-refractivity contribution is 9.10. The Morgan fingerprint density at radius 3 is 3.06 bits per heavy atom. The van der Waals surface area contributed by atoms with E-state index in [-0.39, 0.29) is 6.04 Å². The third-order valence-electron chi connectivity index (χ3n) is 2.94. The molecule has 0 aliphatic heterocycles. The molecule has 3 nitrogen and oxygen atoms in total. The summed E-state index contributed by atoms with van der Waals surface area (Å²) in [6.45, 7) is 0. The summed E-state index contributed by atoms with van der Waals surface area (Å²) in [5, 5.41) is 1.03. The number of nitrogens with two attached hydrogens (primary N) is 1. The minimum absolute atomic E-state index is 0.171. The first-order valence-electron chi connectivity index (χ1n) is 5.60. The molecule has 2 heterocycles. The van der Waals surface area contributed by atoms with Crippen LogP contribution >= 0.6 is 27.3 Å². The van der Waals surface area contributed by atoms with E-state index in [9.17, 15) is 0 Å². The summed E-state index contributed by atoms with van der Waals surface area (Å²) < 4.78 is 0.979. The molecule has 17 heavy (non-hydrogen) atoms. The zero-order valence-corrected chi connectivity index (χ0v) is 11.6. The number of hydrogen-bond acceptors (Lipinski definition) is 4. The van der Waals surface area contributed by atoms with Gasteiger partial charge in [0, 0.05) is 33.3 Å². The maximum absolute atomic E-state index is 6.11. The summed E-state index contributed by atoms with van der Waals surface area (Å²) in [6, 6.07) is 2.22. The zero-order valence-electron chi connectivity index (χ0n) is 9.19. The first-order valence-corrected chi connectivity index (χ1v) is 7.21. The number of fused-ring (bicyclic) bond motifs is 1. The van der Waals surface area contributed by atoms with Crippen LogP contribution in [-0.4, -0.2) is 9.97 Å². The second-order valence-corrected chi connectivity index (χ2v) is 6.17. The number of pyridine rings is 1. The number of aromatic nitrogens is 2. The lowest BCUT2D eigenvalue weighted by Crippen LogP contribution is -2.15. The van der Waals surface area contributed by atoms with Crippen LogP contribution in [0, 0.1) is 0 Å². The van der Waals surface area contributed by atoms with Crippen molar-refractivity contribution in [2.75, 3.05) is 0 Å². The predicted molar refractivity (Wildman–Crippen MR) is 72.9 cm³/mol. The fraction of sp³-hybridized carbons (Fsp3) is 0.333. The van der Waals surface area contributed by atoms with Crippen LogP contribution in [0.25, 0.3) is 10.6 Å². The quantitative estimate of drug-likeness (QED) is 0.879. The van der Waals surface area contributed by atoms with Gasteiger partial charge in [-0.3, -0.25) is 4.98 Å². The Balaban J connectivity index is 2.05. The van der Waals surface area contributed by atoms with Crippen LogP contribution in [0.15, 0.2) is 22.9 Å². The number of nitrogens with zero attached hydrogens (tertiary/aromatic N) is 2.